The van der Waals surface area contributed by atoms with Crippen molar-refractivity contribution in [3.63, 3.8) is 0 Å². The average Bonchev–Trinajstić information content (AvgIpc) is 3.27. The Balaban J connectivity index is 1.86. The zero-order chi connectivity index (χ0) is 19.7. The number of carbonyl (C=O) groups excluding carboxylic acids is 2. The highest BCUT2D eigenvalue weighted by Crippen LogP contribution is 2.44. The van der Waals surface area contributed by atoms with Crippen LogP contribution in [0.1, 0.15) is 29.2 Å². The summed E-state index contributed by atoms with van der Waals surface area (Å²) in [6.07, 6.45) is 4.97. The minimum atomic E-state index is -0.462. The number of fused-ring (bicyclic) bond motifs is 3. The van der Waals surface area contributed by atoms with Gasteiger partial charge in [0.25, 0.3) is 0 Å². The first-order chi connectivity index (χ1) is 13.6. The van der Waals surface area contributed by atoms with Gasteiger partial charge >= 0.3 is 5.97 Å². The molecule has 1 aromatic carbocycles. The molecule has 0 saturated carbocycles. The Bertz CT molecular complexity index is 1040. The Labute approximate surface area is 162 Å². The highest BCUT2D eigenvalue weighted by atomic mass is 16.6. The number of nitrogens with two attached hydrogens (primary N) is 1. The molecule has 1 atom stereocenters. The molecule has 28 heavy (non-hydrogen) atoms. The summed E-state index contributed by atoms with van der Waals surface area (Å²) in [6.45, 7) is 0.460. The van der Waals surface area contributed by atoms with E-state index in [0.29, 0.717) is 18.7 Å². The van der Waals surface area contributed by atoms with Gasteiger partial charge in [0.15, 0.2) is 6.61 Å². The van der Waals surface area contributed by atoms with Crippen molar-refractivity contribution >= 4 is 22.8 Å². The van der Waals surface area contributed by atoms with Crippen LogP contribution in [0, 0.1) is 0 Å². The number of esters is 1. The van der Waals surface area contributed by atoms with Gasteiger partial charge in [0, 0.05) is 30.0 Å². The molecule has 1 aliphatic carbocycles. The van der Waals surface area contributed by atoms with Gasteiger partial charge in [0.05, 0.1) is 18.5 Å². The van der Waals surface area contributed by atoms with Crippen LogP contribution in [-0.4, -0.2) is 35.1 Å². The predicted molar refractivity (Wildman–Crippen MR) is 103 cm³/mol. The van der Waals surface area contributed by atoms with Gasteiger partial charge in [-0.3, -0.25) is 9.78 Å². The number of carbonyl (C=O) groups is 2. The molecule has 2 heterocycles. The van der Waals surface area contributed by atoms with Crippen LogP contribution in [0.25, 0.3) is 10.9 Å². The molecule has 4 rings (SSSR count). The molecule has 1 amide bonds. The first-order valence-electron chi connectivity index (χ1n) is 9.12. The molecule has 1 unspecified atom stereocenters. The topological polar surface area (TPSA) is 96.4 Å². The minimum Gasteiger partial charge on any atom is -0.481 e. The zero-order valence-corrected chi connectivity index (χ0v) is 15.6. The first-order valence-corrected chi connectivity index (χ1v) is 9.12. The summed E-state index contributed by atoms with van der Waals surface area (Å²) in [5, 5.41) is 0.844. The molecule has 0 radical (unpaired) electrons. The normalized spacial score (nSPS) is 15.4. The standard InChI is InChI=1S/C21H21N3O4/c1-27-18(25)12-28-17-4-2-3-15-20(17)19-14(21(22)26)5-6-16(19)24(15)11-13-7-9-23-10-8-13/h2-4,7-10,14H,5-6,11-12H2,1H3,(H2,22,26). The Kier molecular flexibility index (Phi) is 4.73. The lowest BCUT2D eigenvalue weighted by atomic mass is 9.99. The van der Waals surface area contributed by atoms with Crippen molar-refractivity contribution in [3.05, 3.63) is 59.5 Å². The highest BCUT2D eigenvalue weighted by molar-refractivity contribution is 5.97. The van der Waals surface area contributed by atoms with E-state index in [0.717, 1.165) is 34.1 Å². The molecular formula is C21H21N3O4. The van der Waals surface area contributed by atoms with Crippen LogP contribution in [0.5, 0.6) is 5.75 Å². The van der Waals surface area contributed by atoms with Gasteiger partial charge in [0.2, 0.25) is 5.91 Å². The molecule has 1 aliphatic rings. The molecule has 0 aliphatic heterocycles. The first kappa shape index (κ1) is 18.0. The van der Waals surface area contributed by atoms with Crippen LogP contribution >= 0.6 is 0 Å². The second-order valence-corrected chi connectivity index (χ2v) is 6.81. The van der Waals surface area contributed by atoms with E-state index >= 15 is 0 Å². The summed E-state index contributed by atoms with van der Waals surface area (Å²) in [6, 6.07) is 9.62. The number of ether oxygens (including phenoxy) is 2. The fourth-order valence-electron chi connectivity index (χ4n) is 3.97. The van der Waals surface area contributed by atoms with Gasteiger partial charge in [-0.25, -0.2) is 4.79 Å². The molecular weight excluding hydrogens is 358 g/mol. The van der Waals surface area contributed by atoms with E-state index in [4.69, 9.17) is 10.5 Å². The average molecular weight is 379 g/mol. The maximum Gasteiger partial charge on any atom is 0.343 e. The predicted octanol–water partition coefficient (Wildman–Crippen LogP) is 2.15. The number of rotatable bonds is 6. The molecule has 0 bridgehead atoms. The summed E-state index contributed by atoms with van der Waals surface area (Å²) in [5.74, 6) is -0.611. The van der Waals surface area contributed by atoms with E-state index in [9.17, 15) is 9.59 Å². The third-order valence-electron chi connectivity index (χ3n) is 5.23. The van der Waals surface area contributed by atoms with Crippen LogP contribution in [0.2, 0.25) is 0 Å². The Morgan fingerprint density at radius 3 is 2.75 bits per heavy atom. The fraction of sp³-hybridized carbons (Fsp3) is 0.286. The summed E-state index contributed by atoms with van der Waals surface area (Å²) in [7, 11) is 1.32. The van der Waals surface area contributed by atoms with Gasteiger partial charge in [-0.05, 0) is 48.2 Å². The smallest absolute Gasteiger partial charge is 0.343 e. The van der Waals surface area contributed by atoms with Gasteiger partial charge in [-0.1, -0.05) is 6.07 Å². The van der Waals surface area contributed by atoms with E-state index in [2.05, 4.69) is 14.3 Å². The Morgan fingerprint density at radius 2 is 2.04 bits per heavy atom. The Hall–Kier alpha value is -3.35. The number of methoxy groups -OCH3 is 1. The minimum absolute atomic E-state index is 0.193. The van der Waals surface area contributed by atoms with Crippen molar-refractivity contribution in [1.29, 1.82) is 0 Å². The van der Waals surface area contributed by atoms with E-state index in [1.165, 1.54) is 7.11 Å². The molecule has 3 aromatic rings. The van der Waals surface area contributed by atoms with E-state index in [1.807, 2.05) is 24.3 Å². The molecule has 144 valence electrons. The van der Waals surface area contributed by atoms with E-state index in [-0.39, 0.29) is 18.4 Å². The number of pyridine rings is 1. The molecule has 0 spiro atoms. The summed E-state index contributed by atoms with van der Waals surface area (Å²) in [4.78, 5) is 27.7. The number of amides is 1. The van der Waals surface area contributed by atoms with Gasteiger partial charge in [-0.2, -0.15) is 0 Å². The quantitative estimate of drug-likeness (QED) is 0.662. The number of benzene rings is 1. The SMILES string of the molecule is COC(=O)COc1cccc2c1c1c(n2Cc2ccncc2)CCC1C(N)=O. The number of hydrogen-bond acceptors (Lipinski definition) is 5. The van der Waals surface area contributed by atoms with E-state index < -0.39 is 5.97 Å². The third-order valence-corrected chi connectivity index (χ3v) is 5.23. The molecule has 7 heteroatoms. The number of hydrogen-bond donors (Lipinski definition) is 1. The second kappa shape index (κ2) is 7.34. The summed E-state index contributed by atoms with van der Waals surface area (Å²) in [5.41, 5.74) is 9.75. The van der Waals surface area contributed by atoms with Crippen LogP contribution < -0.4 is 10.5 Å². The van der Waals surface area contributed by atoms with Crippen LogP contribution in [0.3, 0.4) is 0 Å². The Morgan fingerprint density at radius 1 is 1.25 bits per heavy atom. The number of primary amides is 1. The van der Waals surface area contributed by atoms with Gasteiger partial charge in [0.1, 0.15) is 5.75 Å². The highest BCUT2D eigenvalue weighted by Gasteiger charge is 2.34. The van der Waals surface area contributed by atoms with Gasteiger partial charge < -0.3 is 19.8 Å². The lowest BCUT2D eigenvalue weighted by Gasteiger charge is -2.12. The second-order valence-electron chi connectivity index (χ2n) is 6.81. The number of nitrogens with zero attached hydrogens (tertiary/aromatic N) is 2. The number of aromatic nitrogens is 2. The van der Waals surface area contributed by atoms with Crippen molar-refractivity contribution in [3.8, 4) is 5.75 Å². The molecule has 0 saturated heterocycles. The lowest BCUT2D eigenvalue weighted by molar-refractivity contribution is -0.142. The largest absolute Gasteiger partial charge is 0.481 e. The monoisotopic (exact) mass is 379 g/mol. The fourth-order valence-corrected chi connectivity index (χ4v) is 3.97. The molecule has 2 aromatic heterocycles. The molecule has 2 N–H and O–H groups in total. The van der Waals surface area contributed by atoms with Crippen LogP contribution in [0.15, 0.2) is 42.7 Å². The molecule has 7 nitrogen and oxygen atoms in total. The lowest BCUT2D eigenvalue weighted by Crippen LogP contribution is -2.19. The maximum atomic E-state index is 12.1. The molecule has 0 fully saturated rings. The van der Waals surface area contributed by atoms with Crippen molar-refractivity contribution in [1.82, 2.24) is 9.55 Å². The third kappa shape index (κ3) is 3.09. The summed E-state index contributed by atoms with van der Waals surface area (Å²) < 4.78 is 12.6. The van der Waals surface area contributed by atoms with Crippen LogP contribution in [0.4, 0.5) is 0 Å². The van der Waals surface area contributed by atoms with Crippen molar-refractivity contribution in [2.24, 2.45) is 5.73 Å². The zero-order valence-electron chi connectivity index (χ0n) is 15.6. The van der Waals surface area contributed by atoms with Crippen molar-refractivity contribution < 1.29 is 19.1 Å². The summed E-state index contributed by atoms with van der Waals surface area (Å²) >= 11 is 0. The van der Waals surface area contributed by atoms with Crippen molar-refractivity contribution in [2.45, 2.75) is 25.3 Å². The van der Waals surface area contributed by atoms with E-state index in [1.54, 1.807) is 18.5 Å². The maximum absolute atomic E-state index is 12.1. The van der Waals surface area contributed by atoms with Crippen molar-refractivity contribution in [2.75, 3.05) is 13.7 Å². The van der Waals surface area contributed by atoms with Gasteiger partial charge in [-0.15, -0.1) is 0 Å². The van der Waals surface area contributed by atoms with Crippen LogP contribution in [-0.2, 0) is 27.3 Å².